The van der Waals surface area contributed by atoms with Crippen molar-refractivity contribution in [2.45, 2.75) is 33.6 Å². The van der Waals surface area contributed by atoms with E-state index in [1.54, 1.807) is 23.1 Å². The molecule has 2 aromatic rings. The van der Waals surface area contributed by atoms with Gasteiger partial charge in [-0.05, 0) is 31.9 Å². The van der Waals surface area contributed by atoms with E-state index in [9.17, 15) is 19.7 Å². The number of benzene rings is 1. The van der Waals surface area contributed by atoms with Gasteiger partial charge in [0.05, 0.1) is 4.92 Å². The highest BCUT2D eigenvalue weighted by Gasteiger charge is 2.29. The van der Waals surface area contributed by atoms with Crippen LogP contribution in [0.25, 0.3) is 0 Å². The van der Waals surface area contributed by atoms with E-state index in [4.69, 9.17) is 0 Å². The lowest BCUT2D eigenvalue weighted by Crippen LogP contribution is -2.49. The van der Waals surface area contributed by atoms with Crippen molar-refractivity contribution in [1.82, 2.24) is 9.88 Å². The van der Waals surface area contributed by atoms with Crippen LogP contribution in [0.2, 0.25) is 0 Å². The number of ketones is 1. The van der Waals surface area contributed by atoms with Crippen LogP contribution in [0.4, 0.5) is 11.4 Å². The van der Waals surface area contributed by atoms with Crippen molar-refractivity contribution < 1.29 is 14.5 Å². The number of Topliss-reactive ketones (excluding diaryl/α,β-unsaturated/α-hetero) is 1. The maximum atomic E-state index is 13.2. The number of hydrogen-bond donors (Lipinski definition) is 1. The van der Waals surface area contributed by atoms with Gasteiger partial charge >= 0.3 is 0 Å². The number of aromatic nitrogens is 1. The Hall–Kier alpha value is -3.16. The van der Waals surface area contributed by atoms with E-state index >= 15 is 0 Å². The molecule has 0 aliphatic carbocycles. The number of anilines is 1. The highest BCUT2D eigenvalue weighted by molar-refractivity contribution is 6.02. The van der Waals surface area contributed by atoms with E-state index in [0.717, 1.165) is 17.7 Å². The largest absolute Gasteiger partial charge is 0.362 e. The number of para-hydroxylation sites is 2. The lowest BCUT2D eigenvalue weighted by molar-refractivity contribution is -0.384. The maximum Gasteiger partial charge on any atom is 0.292 e. The molecule has 0 atom stereocenters. The van der Waals surface area contributed by atoms with Gasteiger partial charge in [0.1, 0.15) is 11.4 Å². The Kier molecular flexibility index (Phi) is 6.00. The summed E-state index contributed by atoms with van der Waals surface area (Å²) in [5.74, 6) is -0.159. The molecule has 1 aromatic carbocycles. The molecular weight excluding hydrogens is 372 g/mol. The number of aromatic amines is 1. The van der Waals surface area contributed by atoms with Crippen molar-refractivity contribution in [3.63, 3.8) is 0 Å². The highest BCUT2D eigenvalue weighted by atomic mass is 16.6. The second kappa shape index (κ2) is 8.46. The van der Waals surface area contributed by atoms with Crippen molar-refractivity contribution in [1.29, 1.82) is 0 Å². The van der Waals surface area contributed by atoms with Crippen LogP contribution in [0.5, 0.6) is 0 Å². The summed E-state index contributed by atoms with van der Waals surface area (Å²) in [5, 5.41) is 11.3. The second-order valence-electron chi connectivity index (χ2n) is 7.31. The number of amides is 1. The number of carbonyl (C=O) groups is 2. The van der Waals surface area contributed by atoms with Crippen molar-refractivity contribution in [3.05, 3.63) is 56.9 Å². The number of H-pyrrole nitrogens is 1. The lowest BCUT2D eigenvalue weighted by Gasteiger charge is -2.35. The minimum Gasteiger partial charge on any atom is -0.362 e. The second-order valence-corrected chi connectivity index (χ2v) is 7.31. The Morgan fingerprint density at radius 1 is 1.17 bits per heavy atom. The third-order valence-electron chi connectivity index (χ3n) is 5.34. The van der Waals surface area contributed by atoms with Gasteiger partial charge in [0.2, 0.25) is 0 Å². The number of hydrogen-bond acceptors (Lipinski definition) is 5. The number of nitrogens with zero attached hydrogens (tertiary/aromatic N) is 3. The van der Waals surface area contributed by atoms with E-state index < -0.39 is 0 Å². The molecule has 0 unspecified atom stereocenters. The first-order chi connectivity index (χ1) is 13.8. The van der Waals surface area contributed by atoms with E-state index in [1.165, 1.54) is 13.0 Å². The number of nitro benzene ring substituents is 1. The fourth-order valence-corrected chi connectivity index (χ4v) is 4.03. The number of rotatable bonds is 6. The van der Waals surface area contributed by atoms with Gasteiger partial charge in [-0.2, -0.15) is 0 Å². The fraction of sp³-hybridized carbons (Fsp3) is 0.429. The van der Waals surface area contributed by atoms with Gasteiger partial charge in [-0.1, -0.05) is 25.5 Å². The SMILES string of the molecule is CCCc1c(C(=O)N2CCN(c3ccccc3[N+](=O)[O-])CC2)[nH]c(C)c1C(C)=O. The van der Waals surface area contributed by atoms with Gasteiger partial charge in [0, 0.05) is 43.5 Å². The van der Waals surface area contributed by atoms with Crippen LogP contribution in [0.3, 0.4) is 0 Å². The monoisotopic (exact) mass is 398 g/mol. The molecule has 1 aromatic heterocycles. The molecule has 1 N–H and O–H groups in total. The number of piperazine rings is 1. The Morgan fingerprint density at radius 3 is 2.41 bits per heavy atom. The summed E-state index contributed by atoms with van der Waals surface area (Å²) < 4.78 is 0. The molecule has 0 spiro atoms. The van der Waals surface area contributed by atoms with Gasteiger partial charge in [0.15, 0.2) is 5.78 Å². The standard InChI is InChI=1S/C21H26N4O4/c1-4-7-16-19(15(3)26)14(2)22-20(16)21(27)24-12-10-23(11-13-24)17-8-5-6-9-18(17)25(28)29/h5-6,8-9,22H,4,7,10-13H2,1-3H3. The summed E-state index contributed by atoms with van der Waals surface area (Å²) in [6.07, 6.45) is 1.50. The molecular formula is C21H26N4O4. The summed E-state index contributed by atoms with van der Waals surface area (Å²) in [5.41, 5.74) is 3.28. The van der Waals surface area contributed by atoms with Gasteiger partial charge < -0.3 is 14.8 Å². The Balaban J connectivity index is 1.79. The first-order valence-corrected chi connectivity index (χ1v) is 9.85. The van der Waals surface area contributed by atoms with Crippen LogP contribution in [-0.4, -0.2) is 52.7 Å². The molecule has 2 heterocycles. The van der Waals surface area contributed by atoms with E-state index in [1.807, 2.05) is 18.7 Å². The quantitative estimate of drug-likeness (QED) is 0.457. The number of carbonyl (C=O) groups excluding carboxylic acids is 2. The van der Waals surface area contributed by atoms with Crippen LogP contribution in [0, 0.1) is 17.0 Å². The molecule has 0 bridgehead atoms. The van der Waals surface area contributed by atoms with E-state index in [0.29, 0.717) is 49.5 Å². The molecule has 8 heteroatoms. The summed E-state index contributed by atoms with van der Waals surface area (Å²) in [6.45, 7) is 7.31. The molecule has 0 saturated carbocycles. The molecule has 0 radical (unpaired) electrons. The van der Waals surface area contributed by atoms with Crippen molar-refractivity contribution in [2.75, 3.05) is 31.1 Å². The molecule has 1 aliphatic rings. The number of nitrogens with one attached hydrogen (secondary N) is 1. The average Bonchev–Trinajstić information content (AvgIpc) is 3.04. The summed E-state index contributed by atoms with van der Waals surface area (Å²) in [4.78, 5) is 42.9. The van der Waals surface area contributed by atoms with Crippen molar-refractivity contribution >= 4 is 23.1 Å². The van der Waals surface area contributed by atoms with Crippen molar-refractivity contribution in [2.24, 2.45) is 0 Å². The summed E-state index contributed by atoms with van der Waals surface area (Å²) in [6, 6.07) is 6.66. The first kappa shape index (κ1) is 20.6. The Bertz CT molecular complexity index is 942. The van der Waals surface area contributed by atoms with Gasteiger partial charge in [-0.25, -0.2) is 0 Å². The van der Waals surface area contributed by atoms with Crippen LogP contribution in [-0.2, 0) is 6.42 Å². The van der Waals surface area contributed by atoms with Crippen LogP contribution >= 0.6 is 0 Å². The topological polar surface area (TPSA) is 99.5 Å². The molecule has 3 rings (SSSR count). The van der Waals surface area contributed by atoms with Crippen LogP contribution in [0.15, 0.2) is 24.3 Å². The van der Waals surface area contributed by atoms with E-state index in [2.05, 4.69) is 4.98 Å². The fourth-order valence-electron chi connectivity index (χ4n) is 4.03. The molecule has 154 valence electrons. The zero-order valence-corrected chi connectivity index (χ0v) is 17.0. The molecule has 1 amide bonds. The lowest BCUT2D eigenvalue weighted by atomic mass is 10.0. The number of aryl methyl sites for hydroxylation is 1. The molecule has 1 aliphatic heterocycles. The molecule has 1 saturated heterocycles. The predicted octanol–water partition coefficient (Wildman–Crippen LogP) is 3.35. The van der Waals surface area contributed by atoms with Gasteiger partial charge in [-0.15, -0.1) is 0 Å². The zero-order valence-electron chi connectivity index (χ0n) is 17.0. The Morgan fingerprint density at radius 2 is 1.83 bits per heavy atom. The minimum absolute atomic E-state index is 0.0394. The van der Waals surface area contributed by atoms with E-state index in [-0.39, 0.29) is 22.3 Å². The highest BCUT2D eigenvalue weighted by Crippen LogP contribution is 2.29. The summed E-state index contributed by atoms with van der Waals surface area (Å²) >= 11 is 0. The third-order valence-corrected chi connectivity index (χ3v) is 5.34. The summed E-state index contributed by atoms with van der Waals surface area (Å²) in [7, 11) is 0. The number of nitro groups is 1. The molecule has 1 fully saturated rings. The molecule has 8 nitrogen and oxygen atoms in total. The minimum atomic E-state index is -0.380. The van der Waals surface area contributed by atoms with Crippen molar-refractivity contribution in [3.8, 4) is 0 Å². The smallest absolute Gasteiger partial charge is 0.292 e. The van der Waals surface area contributed by atoms with Gasteiger partial charge in [-0.3, -0.25) is 19.7 Å². The molecule has 29 heavy (non-hydrogen) atoms. The maximum absolute atomic E-state index is 13.2. The van der Waals surface area contributed by atoms with Gasteiger partial charge in [0.25, 0.3) is 11.6 Å². The predicted molar refractivity (Wildman–Crippen MR) is 111 cm³/mol. The van der Waals surface area contributed by atoms with Crippen LogP contribution < -0.4 is 4.90 Å². The van der Waals surface area contributed by atoms with Crippen LogP contribution in [0.1, 0.15) is 52.4 Å². The Labute approximate surface area is 169 Å². The zero-order chi connectivity index (χ0) is 21.1. The average molecular weight is 398 g/mol. The first-order valence-electron chi connectivity index (χ1n) is 9.85. The third kappa shape index (κ3) is 4.01. The normalized spacial score (nSPS) is 14.2.